The van der Waals surface area contributed by atoms with Crippen LogP contribution in [0.15, 0.2) is 72.8 Å². The van der Waals surface area contributed by atoms with Crippen LogP contribution < -0.4 is 20.3 Å². The number of amides is 3. The third-order valence-electron chi connectivity index (χ3n) is 4.92. The molecule has 0 radical (unpaired) electrons. The quantitative estimate of drug-likeness (QED) is 0.601. The first-order valence-corrected chi connectivity index (χ1v) is 10.3. The third kappa shape index (κ3) is 4.90. The minimum absolute atomic E-state index is 0.0747. The topological polar surface area (TPSA) is 87.7 Å². The molecule has 162 valence electrons. The molecule has 3 amide bonds. The van der Waals surface area contributed by atoms with Gasteiger partial charge in [0, 0.05) is 16.3 Å². The number of carbonyl (C=O) groups excluding carboxylic acids is 3. The molecular weight excluding hydrogens is 430 g/mol. The first-order valence-electron chi connectivity index (χ1n) is 9.95. The lowest BCUT2D eigenvalue weighted by Gasteiger charge is -2.30. The number of hydrogen-bond donors (Lipinski definition) is 2. The molecule has 0 bridgehead atoms. The lowest BCUT2D eigenvalue weighted by atomic mass is 10.1. The van der Waals surface area contributed by atoms with E-state index in [1.807, 2.05) is 24.3 Å². The van der Waals surface area contributed by atoms with E-state index < -0.39 is 5.91 Å². The molecule has 32 heavy (non-hydrogen) atoms. The van der Waals surface area contributed by atoms with Gasteiger partial charge < -0.3 is 20.3 Å². The standard InChI is InChI=1S/C24H20ClN3O4/c25-19-9-5-4-8-17(19)14-28-20-12-18(10-11-21(20)32-15-23(28)30)27-22(29)13-26-24(31)16-6-2-1-3-7-16/h1-12H,13-15H2,(H,26,31)(H,27,29). The van der Waals surface area contributed by atoms with E-state index in [1.165, 1.54) is 0 Å². The molecule has 0 aromatic heterocycles. The van der Waals surface area contributed by atoms with Crippen LogP contribution in [-0.4, -0.2) is 30.9 Å². The maximum atomic E-state index is 12.5. The largest absolute Gasteiger partial charge is 0.482 e. The van der Waals surface area contributed by atoms with Crippen LogP contribution in [0.3, 0.4) is 0 Å². The highest BCUT2D eigenvalue weighted by Gasteiger charge is 2.26. The smallest absolute Gasteiger partial charge is 0.265 e. The zero-order valence-electron chi connectivity index (χ0n) is 17.0. The summed E-state index contributed by atoms with van der Waals surface area (Å²) in [6.07, 6.45) is 0. The Morgan fingerprint density at radius 2 is 1.75 bits per heavy atom. The van der Waals surface area contributed by atoms with Crippen molar-refractivity contribution in [2.45, 2.75) is 6.54 Å². The number of nitrogens with zero attached hydrogens (tertiary/aromatic N) is 1. The fourth-order valence-corrected chi connectivity index (χ4v) is 3.50. The molecule has 4 rings (SSSR count). The van der Waals surface area contributed by atoms with Crippen molar-refractivity contribution in [3.05, 3.63) is 88.9 Å². The Labute approximate surface area is 189 Å². The Hall–Kier alpha value is -3.84. The molecule has 0 fully saturated rings. The zero-order valence-corrected chi connectivity index (χ0v) is 17.8. The van der Waals surface area contributed by atoms with Gasteiger partial charge in [0.15, 0.2) is 6.61 Å². The molecule has 3 aromatic rings. The van der Waals surface area contributed by atoms with Gasteiger partial charge in [-0.1, -0.05) is 48.0 Å². The molecule has 8 heteroatoms. The van der Waals surface area contributed by atoms with Crippen molar-refractivity contribution in [3.63, 3.8) is 0 Å². The van der Waals surface area contributed by atoms with Crippen molar-refractivity contribution >= 4 is 40.7 Å². The normalized spacial score (nSPS) is 12.5. The first kappa shape index (κ1) is 21.4. The number of rotatable bonds is 6. The van der Waals surface area contributed by atoms with E-state index in [9.17, 15) is 14.4 Å². The van der Waals surface area contributed by atoms with Crippen molar-refractivity contribution in [3.8, 4) is 5.75 Å². The van der Waals surface area contributed by atoms with Crippen molar-refractivity contribution in [2.24, 2.45) is 0 Å². The third-order valence-corrected chi connectivity index (χ3v) is 5.29. The van der Waals surface area contributed by atoms with E-state index in [0.29, 0.717) is 27.7 Å². The summed E-state index contributed by atoms with van der Waals surface area (Å²) in [5.41, 5.74) is 2.28. The average molecular weight is 450 g/mol. The van der Waals surface area contributed by atoms with Gasteiger partial charge in [-0.3, -0.25) is 14.4 Å². The second-order valence-corrected chi connectivity index (χ2v) is 7.55. The molecule has 1 aliphatic heterocycles. The minimum Gasteiger partial charge on any atom is -0.482 e. The molecule has 0 unspecified atom stereocenters. The maximum absolute atomic E-state index is 12.5. The lowest BCUT2D eigenvalue weighted by molar-refractivity contribution is -0.121. The summed E-state index contributed by atoms with van der Waals surface area (Å²) in [7, 11) is 0. The number of fused-ring (bicyclic) bond motifs is 1. The first-order chi connectivity index (χ1) is 15.5. The van der Waals surface area contributed by atoms with Gasteiger partial charge in [-0.05, 0) is 42.0 Å². The summed E-state index contributed by atoms with van der Waals surface area (Å²) >= 11 is 6.26. The number of anilines is 2. The van der Waals surface area contributed by atoms with Crippen LogP contribution in [0.1, 0.15) is 15.9 Å². The number of nitrogens with one attached hydrogen (secondary N) is 2. The van der Waals surface area contributed by atoms with Crippen LogP contribution >= 0.6 is 11.6 Å². The van der Waals surface area contributed by atoms with Gasteiger partial charge in [0.1, 0.15) is 5.75 Å². The Kier molecular flexibility index (Phi) is 6.37. The van der Waals surface area contributed by atoms with Crippen LogP contribution in [0, 0.1) is 0 Å². The second kappa shape index (κ2) is 9.53. The Morgan fingerprint density at radius 3 is 2.53 bits per heavy atom. The van der Waals surface area contributed by atoms with Gasteiger partial charge in [0.2, 0.25) is 5.91 Å². The van der Waals surface area contributed by atoms with Gasteiger partial charge in [-0.15, -0.1) is 0 Å². The number of ether oxygens (including phenoxy) is 1. The number of benzene rings is 3. The van der Waals surface area contributed by atoms with E-state index in [4.69, 9.17) is 16.3 Å². The summed E-state index contributed by atoms with van der Waals surface area (Å²) in [4.78, 5) is 38.6. The molecule has 3 aromatic carbocycles. The number of hydrogen-bond acceptors (Lipinski definition) is 4. The van der Waals surface area contributed by atoms with Crippen LogP contribution in [0.2, 0.25) is 5.02 Å². The zero-order chi connectivity index (χ0) is 22.5. The molecule has 0 saturated heterocycles. The molecular formula is C24H20ClN3O4. The number of halogens is 1. The summed E-state index contributed by atoms with van der Waals surface area (Å²) in [5.74, 6) is -0.408. The fraction of sp³-hybridized carbons (Fsp3) is 0.125. The van der Waals surface area contributed by atoms with Crippen LogP contribution in [-0.2, 0) is 16.1 Å². The van der Waals surface area contributed by atoms with Gasteiger partial charge >= 0.3 is 0 Å². The van der Waals surface area contributed by atoms with Crippen LogP contribution in [0.5, 0.6) is 5.75 Å². The van der Waals surface area contributed by atoms with E-state index in [0.717, 1.165) is 5.56 Å². The molecule has 0 spiro atoms. The monoisotopic (exact) mass is 449 g/mol. The highest BCUT2D eigenvalue weighted by atomic mass is 35.5. The Bertz CT molecular complexity index is 1170. The molecule has 0 atom stereocenters. The van der Waals surface area contributed by atoms with Crippen molar-refractivity contribution in [1.82, 2.24) is 5.32 Å². The van der Waals surface area contributed by atoms with Crippen molar-refractivity contribution in [1.29, 1.82) is 0 Å². The van der Waals surface area contributed by atoms with Gasteiger partial charge in [-0.25, -0.2) is 0 Å². The second-order valence-electron chi connectivity index (χ2n) is 7.14. The lowest BCUT2D eigenvalue weighted by Crippen LogP contribution is -2.38. The molecule has 0 aliphatic carbocycles. The van der Waals surface area contributed by atoms with Crippen molar-refractivity contribution in [2.75, 3.05) is 23.4 Å². The maximum Gasteiger partial charge on any atom is 0.265 e. The summed E-state index contributed by atoms with van der Waals surface area (Å²) < 4.78 is 5.53. The van der Waals surface area contributed by atoms with Gasteiger partial charge in [0.25, 0.3) is 11.8 Å². The predicted molar refractivity (Wildman–Crippen MR) is 122 cm³/mol. The summed E-state index contributed by atoms with van der Waals surface area (Å²) in [6, 6.07) is 21.0. The molecule has 1 aliphatic rings. The number of carbonyl (C=O) groups is 3. The fourth-order valence-electron chi connectivity index (χ4n) is 3.31. The molecule has 7 nitrogen and oxygen atoms in total. The molecule has 2 N–H and O–H groups in total. The summed E-state index contributed by atoms with van der Waals surface area (Å²) in [6.45, 7) is 0.0116. The highest BCUT2D eigenvalue weighted by molar-refractivity contribution is 6.31. The van der Waals surface area contributed by atoms with Gasteiger partial charge in [-0.2, -0.15) is 0 Å². The van der Waals surface area contributed by atoms with E-state index in [1.54, 1.807) is 53.4 Å². The Morgan fingerprint density at radius 1 is 1.00 bits per heavy atom. The molecule has 0 saturated carbocycles. The van der Waals surface area contributed by atoms with E-state index in [2.05, 4.69) is 10.6 Å². The SMILES string of the molecule is O=C(CNC(=O)c1ccccc1)Nc1ccc2c(c1)N(Cc1ccccc1Cl)C(=O)CO2. The van der Waals surface area contributed by atoms with E-state index in [-0.39, 0.29) is 31.5 Å². The van der Waals surface area contributed by atoms with Crippen LogP contribution in [0.25, 0.3) is 0 Å². The average Bonchev–Trinajstić information content (AvgIpc) is 2.81. The summed E-state index contributed by atoms with van der Waals surface area (Å²) in [5, 5.41) is 5.88. The predicted octanol–water partition coefficient (Wildman–Crippen LogP) is 3.63. The van der Waals surface area contributed by atoms with Crippen LogP contribution in [0.4, 0.5) is 11.4 Å². The molecule has 1 heterocycles. The Balaban J connectivity index is 1.45. The van der Waals surface area contributed by atoms with Gasteiger partial charge in [0.05, 0.1) is 18.8 Å². The van der Waals surface area contributed by atoms with E-state index >= 15 is 0 Å². The minimum atomic E-state index is -0.394. The van der Waals surface area contributed by atoms with Crippen molar-refractivity contribution < 1.29 is 19.1 Å². The highest BCUT2D eigenvalue weighted by Crippen LogP contribution is 2.36.